The van der Waals surface area contributed by atoms with Crippen LogP contribution >= 0.6 is 0 Å². The molecule has 0 radical (unpaired) electrons. The summed E-state index contributed by atoms with van der Waals surface area (Å²) in [6.07, 6.45) is 11.1. The number of aryl methyl sites for hydroxylation is 3. The van der Waals surface area contributed by atoms with Crippen molar-refractivity contribution >= 4 is 0 Å². The molecular formula is C31H29IrN6O. The van der Waals surface area contributed by atoms with Crippen molar-refractivity contribution in [2.75, 3.05) is 7.11 Å². The molecule has 0 aliphatic heterocycles. The van der Waals surface area contributed by atoms with E-state index >= 15 is 0 Å². The van der Waals surface area contributed by atoms with Gasteiger partial charge in [-0.25, -0.2) is 0 Å². The van der Waals surface area contributed by atoms with Crippen molar-refractivity contribution < 1.29 is 24.8 Å². The number of nitrogens with zero attached hydrogens (tertiary/aromatic N) is 6. The third-order valence-corrected chi connectivity index (χ3v) is 5.62. The number of ether oxygens (including phenoxy) is 1. The maximum absolute atomic E-state index is 5.24. The average molecular weight is 694 g/mol. The number of aromatic nitrogens is 6. The number of benzene rings is 3. The van der Waals surface area contributed by atoms with Crippen molar-refractivity contribution in [3.63, 3.8) is 0 Å². The minimum absolute atomic E-state index is 0. The van der Waals surface area contributed by atoms with E-state index < -0.39 is 0 Å². The van der Waals surface area contributed by atoms with Crippen LogP contribution in [0, 0.1) is 18.2 Å². The van der Waals surface area contributed by atoms with Crippen LogP contribution in [0.5, 0.6) is 5.75 Å². The molecule has 0 spiro atoms. The van der Waals surface area contributed by atoms with Crippen LogP contribution in [0.3, 0.4) is 0 Å². The van der Waals surface area contributed by atoms with Crippen LogP contribution in [0.1, 0.15) is 0 Å². The Labute approximate surface area is 243 Å². The summed E-state index contributed by atoms with van der Waals surface area (Å²) < 4.78 is 11.1. The maximum atomic E-state index is 5.24. The van der Waals surface area contributed by atoms with Crippen LogP contribution in [0.4, 0.5) is 0 Å². The van der Waals surface area contributed by atoms with Crippen molar-refractivity contribution in [1.82, 2.24) is 28.7 Å². The molecule has 3 heterocycles. The molecule has 6 aromatic rings. The predicted molar refractivity (Wildman–Crippen MR) is 149 cm³/mol. The van der Waals surface area contributed by atoms with E-state index in [0.717, 1.165) is 39.9 Å². The summed E-state index contributed by atoms with van der Waals surface area (Å²) >= 11 is 0. The zero-order valence-corrected chi connectivity index (χ0v) is 24.6. The van der Waals surface area contributed by atoms with Gasteiger partial charge in [-0.15, -0.1) is 96.1 Å². The molecule has 0 aliphatic rings. The summed E-state index contributed by atoms with van der Waals surface area (Å²) in [4.78, 5) is 12.7. The second-order valence-electron chi connectivity index (χ2n) is 8.25. The predicted octanol–water partition coefficient (Wildman–Crippen LogP) is 5.67. The monoisotopic (exact) mass is 694 g/mol. The molecule has 0 atom stereocenters. The standard InChI is InChI=1S/C11H11N2O.2C10H9N2.Ir/c1-13-8-7-12-11(13)9-5-3-4-6-10(9)14-2;2*1-12-8-7-11-10(12)9-5-3-2-4-6-9;/h3-4,6-8H,1-2H3;2*2-5,7-8H,1H3;/q3*-1;+3. The molecule has 0 saturated heterocycles. The molecule has 3 aromatic heterocycles. The van der Waals surface area contributed by atoms with Crippen molar-refractivity contribution in [2.24, 2.45) is 21.1 Å². The van der Waals surface area contributed by atoms with Crippen LogP contribution in [0.2, 0.25) is 0 Å². The Morgan fingerprint density at radius 1 is 0.590 bits per heavy atom. The van der Waals surface area contributed by atoms with Crippen molar-refractivity contribution in [1.29, 1.82) is 0 Å². The number of rotatable bonds is 4. The molecule has 39 heavy (non-hydrogen) atoms. The molecule has 0 N–H and O–H groups in total. The van der Waals surface area contributed by atoms with Gasteiger partial charge >= 0.3 is 20.1 Å². The summed E-state index contributed by atoms with van der Waals surface area (Å²) in [7, 11) is 7.55. The number of hydrogen-bond donors (Lipinski definition) is 0. The molecule has 0 fully saturated rings. The maximum Gasteiger partial charge on any atom is 3.00 e. The summed E-state index contributed by atoms with van der Waals surface area (Å²) in [6.45, 7) is 0. The summed E-state index contributed by atoms with van der Waals surface area (Å²) in [5.74, 6) is 3.57. The van der Waals surface area contributed by atoms with E-state index in [1.54, 1.807) is 25.7 Å². The Morgan fingerprint density at radius 3 is 1.44 bits per heavy atom. The third-order valence-electron chi connectivity index (χ3n) is 5.62. The van der Waals surface area contributed by atoms with E-state index in [9.17, 15) is 0 Å². The SMILES string of the molecule is COc1ccc[c-]c1-c1nccn1C.Cn1ccnc1-c1[c-]cccc1.Cn1ccnc1-c1[c-]cccc1.[Ir+3]. The average Bonchev–Trinajstić information content (AvgIpc) is 3.71. The van der Waals surface area contributed by atoms with Gasteiger partial charge in [0.2, 0.25) is 0 Å². The molecular weight excluding hydrogens is 665 g/mol. The van der Waals surface area contributed by atoms with Gasteiger partial charge in [-0.2, -0.15) is 0 Å². The van der Waals surface area contributed by atoms with Crippen molar-refractivity contribution in [3.05, 3.63) is 122 Å². The van der Waals surface area contributed by atoms with E-state index in [1.807, 2.05) is 120 Å². The van der Waals surface area contributed by atoms with Crippen LogP contribution in [0.15, 0.2) is 104 Å². The molecule has 8 heteroatoms. The second kappa shape index (κ2) is 14.6. The van der Waals surface area contributed by atoms with Gasteiger partial charge in [0.1, 0.15) is 0 Å². The Morgan fingerprint density at radius 2 is 1.05 bits per heavy atom. The van der Waals surface area contributed by atoms with Gasteiger partial charge in [0, 0.05) is 64.1 Å². The number of hydrogen-bond acceptors (Lipinski definition) is 4. The first-order valence-electron chi connectivity index (χ1n) is 12.0. The number of methoxy groups -OCH3 is 1. The first-order chi connectivity index (χ1) is 18.6. The molecule has 0 aliphatic carbocycles. The molecule has 0 amide bonds. The van der Waals surface area contributed by atoms with Gasteiger partial charge in [0.05, 0.1) is 24.6 Å². The van der Waals surface area contributed by atoms with Crippen LogP contribution < -0.4 is 4.74 Å². The summed E-state index contributed by atoms with van der Waals surface area (Å²) in [6, 6.07) is 30.7. The second-order valence-corrected chi connectivity index (χ2v) is 8.25. The topological polar surface area (TPSA) is 62.7 Å². The van der Waals surface area contributed by atoms with Gasteiger partial charge in [0.25, 0.3) is 0 Å². The van der Waals surface area contributed by atoms with E-state index in [1.165, 1.54) is 0 Å². The molecule has 0 unspecified atom stereocenters. The first-order valence-corrected chi connectivity index (χ1v) is 12.0. The van der Waals surface area contributed by atoms with Crippen molar-refractivity contribution in [2.45, 2.75) is 0 Å². The fourth-order valence-corrected chi connectivity index (χ4v) is 3.69. The van der Waals surface area contributed by atoms with Gasteiger partial charge < -0.3 is 18.4 Å². The van der Waals surface area contributed by atoms with Crippen LogP contribution in [0.25, 0.3) is 34.2 Å². The Hall–Kier alpha value is -4.26. The van der Waals surface area contributed by atoms with Crippen LogP contribution in [-0.4, -0.2) is 35.8 Å². The first kappa shape index (κ1) is 29.3. The minimum atomic E-state index is 0. The number of imidazole rings is 3. The molecule has 7 nitrogen and oxygen atoms in total. The van der Waals surface area contributed by atoms with Gasteiger partial charge in [0.15, 0.2) is 0 Å². The summed E-state index contributed by atoms with van der Waals surface area (Å²) in [5.41, 5.74) is 2.96. The normalized spacial score (nSPS) is 9.85. The van der Waals surface area contributed by atoms with E-state index in [-0.39, 0.29) is 20.1 Å². The molecule has 6 rings (SSSR count). The molecule has 0 saturated carbocycles. The smallest absolute Gasteiger partial charge is 0.540 e. The Kier molecular flexibility index (Phi) is 11.0. The van der Waals surface area contributed by atoms with Gasteiger partial charge in [-0.1, -0.05) is 5.56 Å². The largest absolute Gasteiger partial charge is 3.00 e. The van der Waals surface area contributed by atoms with Crippen molar-refractivity contribution in [3.8, 4) is 39.9 Å². The fraction of sp³-hybridized carbons (Fsp3) is 0.129. The molecule has 3 aromatic carbocycles. The van der Waals surface area contributed by atoms with E-state index in [4.69, 9.17) is 4.74 Å². The van der Waals surface area contributed by atoms with Crippen LogP contribution in [-0.2, 0) is 41.2 Å². The minimum Gasteiger partial charge on any atom is -0.540 e. The van der Waals surface area contributed by atoms with Gasteiger partial charge in [-0.3, -0.25) is 15.0 Å². The third kappa shape index (κ3) is 7.63. The zero-order valence-electron chi connectivity index (χ0n) is 22.2. The van der Waals surface area contributed by atoms with E-state index in [0.29, 0.717) is 0 Å². The zero-order chi connectivity index (χ0) is 26.7. The molecule has 198 valence electrons. The fourth-order valence-electron chi connectivity index (χ4n) is 3.69. The summed E-state index contributed by atoms with van der Waals surface area (Å²) in [5, 5.41) is 0. The Balaban J connectivity index is 0.000000160. The quantitative estimate of drug-likeness (QED) is 0.224. The van der Waals surface area contributed by atoms with E-state index in [2.05, 4.69) is 33.2 Å². The molecule has 0 bridgehead atoms. The Bertz CT molecular complexity index is 1460. The van der Waals surface area contributed by atoms with Gasteiger partial charge in [-0.05, 0) is 0 Å².